The van der Waals surface area contributed by atoms with Crippen molar-refractivity contribution in [1.29, 1.82) is 0 Å². The maximum atomic E-state index is 4.70. The Kier molecular flexibility index (Phi) is 1.75. The summed E-state index contributed by atoms with van der Waals surface area (Å²) in [6.07, 6.45) is 4.61. The van der Waals surface area contributed by atoms with Crippen molar-refractivity contribution in [1.82, 2.24) is 10.6 Å². The minimum Gasteiger partial charge on any atom is -0.395 e. The van der Waals surface area contributed by atoms with Gasteiger partial charge in [0, 0.05) is 6.54 Å². The third kappa shape index (κ3) is 1.13. The summed E-state index contributed by atoms with van der Waals surface area (Å²) < 4.78 is 0. The molecule has 0 aromatic heterocycles. The number of hydrogen-bond acceptors (Lipinski definition) is 3. The van der Waals surface area contributed by atoms with Crippen LogP contribution in [0, 0.1) is 0 Å². The number of rotatable bonds is 2. The number of nitrogens with one attached hydrogen (secondary N) is 1. The van der Waals surface area contributed by atoms with E-state index in [0.717, 1.165) is 13.0 Å². The molecule has 1 aliphatic rings. The minimum absolute atomic E-state index is 0.997. The third-order valence-electron chi connectivity index (χ3n) is 0.943. The Morgan fingerprint density at radius 3 is 3.12 bits per heavy atom. The Bertz CT molecular complexity index is 92.4. The van der Waals surface area contributed by atoms with E-state index in [2.05, 4.69) is 12.5 Å². The summed E-state index contributed by atoms with van der Waals surface area (Å²) in [5.74, 6) is 0. The van der Waals surface area contributed by atoms with Crippen LogP contribution in [-0.2, 0) is 4.84 Å². The highest BCUT2D eigenvalue weighted by Crippen LogP contribution is 1.93. The van der Waals surface area contributed by atoms with Gasteiger partial charge in [0.05, 0.1) is 6.20 Å². The van der Waals surface area contributed by atoms with Gasteiger partial charge in [-0.25, -0.2) is 0 Å². The first-order valence-electron chi connectivity index (χ1n) is 2.78. The summed E-state index contributed by atoms with van der Waals surface area (Å²) in [5, 5.41) is 1.89. The summed E-state index contributed by atoms with van der Waals surface area (Å²) in [6, 6.07) is 0. The molecule has 1 aliphatic heterocycles. The van der Waals surface area contributed by atoms with Crippen LogP contribution in [0.4, 0.5) is 0 Å². The van der Waals surface area contributed by atoms with Crippen LogP contribution in [0.25, 0.3) is 0 Å². The zero-order valence-corrected chi connectivity index (χ0v) is 4.92. The van der Waals surface area contributed by atoms with E-state index in [0.29, 0.717) is 0 Å². The van der Waals surface area contributed by atoms with Gasteiger partial charge in [-0.3, -0.25) is 5.01 Å². The Labute approximate surface area is 48.9 Å². The Morgan fingerprint density at radius 1 is 1.75 bits per heavy atom. The average Bonchev–Trinajstić information content (AvgIpc) is 2.19. The van der Waals surface area contributed by atoms with Gasteiger partial charge in [-0.05, 0) is 6.42 Å². The van der Waals surface area contributed by atoms with Gasteiger partial charge in [-0.2, -0.15) is 0 Å². The van der Waals surface area contributed by atoms with Crippen LogP contribution in [-0.4, -0.2) is 11.6 Å². The quantitative estimate of drug-likeness (QED) is 0.569. The molecule has 0 bridgehead atoms. The average molecular weight is 114 g/mol. The summed E-state index contributed by atoms with van der Waals surface area (Å²) >= 11 is 0. The lowest BCUT2D eigenvalue weighted by Crippen LogP contribution is -2.27. The topological polar surface area (TPSA) is 24.5 Å². The molecule has 0 aliphatic carbocycles. The number of hydrogen-bond donors (Lipinski definition) is 1. The number of hydrazine groups is 1. The lowest BCUT2D eigenvalue weighted by molar-refractivity contribution is 0.0362. The maximum absolute atomic E-state index is 4.70. The highest BCUT2D eigenvalue weighted by atomic mass is 16.7. The Hall–Kier alpha value is -0.700. The monoisotopic (exact) mass is 114 g/mol. The van der Waals surface area contributed by atoms with Crippen LogP contribution < -0.4 is 5.59 Å². The first-order chi connectivity index (χ1) is 3.93. The summed E-state index contributed by atoms with van der Waals surface area (Å²) in [4.78, 5) is 4.70. The van der Waals surface area contributed by atoms with E-state index in [1.165, 1.54) is 0 Å². The standard InChI is InChI=1S/C5H10N2O/c1-2-3-7-4-5-8-6-7/h4-6H,2-3H2,1H3. The smallest absolute Gasteiger partial charge is 0.131 e. The van der Waals surface area contributed by atoms with Gasteiger partial charge < -0.3 is 4.84 Å². The van der Waals surface area contributed by atoms with Crippen LogP contribution in [0.2, 0.25) is 0 Å². The molecule has 0 spiro atoms. The second kappa shape index (κ2) is 2.57. The zero-order chi connectivity index (χ0) is 5.82. The Morgan fingerprint density at radius 2 is 2.62 bits per heavy atom. The van der Waals surface area contributed by atoms with Crippen LogP contribution in [0.3, 0.4) is 0 Å². The summed E-state index contributed by atoms with van der Waals surface area (Å²) in [5.41, 5.74) is 2.68. The molecule has 1 rings (SSSR count). The molecule has 0 saturated carbocycles. The lowest BCUT2D eigenvalue weighted by Gasteiger charge is -2.10. The zero-order valence-electron chi connectivity index (χ0n) is 4.92. The molecule has 46 valence electrons. The molecule has 0 fully saturated rings. The van der Waals surface area contributed by atoms with Crippen LogP contribution in [0.15, 0.2) is 12.5 Å². The summed E-state index contributed by atoms with van der Waals surface area (Å²) in [6.45, 7) is 3.12. The molecule has 1 N–H and O–H groups in total. The molecule has 0 aromatic rings. The largest absolute Gasteiger partial charge is 0.395 e. The minimum atomic E-state index is 0.997. The molecule has 3 nitrogen and oxygen atoms in total. The van der Waals surface area contributed by atoms with E-state index in [1.807, 2.05) is 11.2 Å². The van der Waals surface area contributed by atoms with E-state index >= 15 is 0 Å². The van der Waals surface area contributed by atoms with Crippen molar-refractivity contribution in [2.75, 3.05) is 6.54 Å². The van der Waals surface area contributed by atoms with Gasteiger partial charge in [-0.1, -0.05) is 12.5 Å². The fraction of sp³-hybridized carbons (Fsp3) is 0.600. The van der Waals surface area contributed by atoms with Crippen molar-refractivity contribution in [2.45, 2.75) is 13.3 Å². The molecule has 0 aromatic carbocycles. The SMILES string of the molecule is CCCN1C=CON1. The van der Waals surface area contributed by atoms with E-state index in [9.17, 15) is 0 Å². The molecule has 0 unspecified atom stereocenters. The Balaban J connectivity index is 2.16. The predicted molar refractivity (Wildman–Crippen MR) is 30.4 cm³/mol. The van der Waals surface area contributed by atoms with Crippen molar-refractivity contribution < 1.29 is 4.84 Å². The lowest BCUT2D eigenvalue weighted by atomic mass is 10.5. The highest BCUT2D eigenvalue weighted by molar-refractivity contribution is 4.74. The van der Waals surface area contributed by atoms with Gasteiger partial charge in [0.2, 0.25) is 0 Å². The maximum Gasteiger partial charge on any atom is 0.131 e. The van der Waals surface area contributed by atoms with Gasteiger partial charge in [0.1, 0.15) is 6.26 Å². The first kappa shape index (κ1) is 5.44. The van der Waals surface area contributed by atoms with Gasteiger partial charge >= 0.3 is 0 Å². The molecular weight excluding hydrogens is 104 g/mol. The molecule has 3 heteroatoms. The molecular formula is C5H10N2O. The van der Waals surface area contributed by atoms with Crippen molar-refractivity contribution >= 4 is 0 Å². The van der Waals surface area contributed by atoms with Crippen molar-refractivity contribution in [2.24, 2.45) is 0 Å². The van der Waals surface area contributed by atoms with Crippen molar-refractivity contribution in [3.63, 3.8) is 0 Å². The molecule has 0 saturated heterocycles. The number of nitrogens with zero attached hydrogens (tertiary/aromatic N) is 1. The fourth-order valence-corrected chi connectivity index (χ4v) is 0.594. The van der Waals surface area contributed by atoms with E-state index in [1.54, 1.807) is 6.26 Å². The predicted octanol–water partition coefficient (Wildman–Crippen LogP) is 0.619. The van der Waals surface area contributed by atoms with Gasteiger partial charge in [0.15, 0.2) is 0 Å². The van der Waals surface area contributed by atoms with Crippen molar-refractivity contribution in [3.05, 3.63) is 12.5 Å². The summed E-state index contributed by atoms with van der Waals surface area (Å²) in [7, 11) is 0. The second-order valence-corrected chi connectivity index (χ2v) is 1.69. The first-order valence-corrected chi connectivity index (χ1v) is 2.78. The van der Waals surface area contributed by atoms with Gasteiger partial charge in [-0.15, -0.1) is 0 Å². The van der Waals surface area contributed by atoms with E-state index in [4.69, 9.17) is 4.84 Å². The molecule has 0 radical (unpaired) electrons. The van der Waals surface area contributed by atoms with Gasteiger partial charge in [0.25, 0.3) is 0 Å². The van der Waals surface area contributed by atoms with Crippen LogP contribution >= 0.6 is 0 Å². The molecule has 0 atom stereocenters. The van der Waals surface area contributed by atoms with Crippen molar-refractivity contribution in [3.8, 4) is 0 Å². The molecule has 1 heterocycles. The van der Waals surface area contributed by atoms with Crippen LogP contribution in [0.1, 0.15) is 13.3 Å². The third-order valence-corrected chi connectivity index (χ3v) is 0.943. The normalized spacial score (nSPS) is 16.9. The molecule has 8 heavy (non-hydrogen) atoms. The van der Waals surface area contributed by atoms with E-state index < -0.39 is 0 Å². The molecule has 0 amide bonds. The fourth-order valence-electron chi connectivity index (χ4n) is 0.594. The highest BCUT2D eigenvalue weighted by Gasteiger charge is 1.99. The second-order valence-electron chi connectivity index (χ2n) is 1.69. The van der Waals surface area contributed by atoms with E-state index in [-0.39, 0.29) is 0 Å². The van der Waals surface area contributed by atoms with Crippen LogP contribution in [0.5, 0.6) is 0 Å².